The number of aryl methyl sites for hydroxylation is 1. The molecule has 3 heteroatoms. The Morgan fingerprint density at radius 2 is 2.06 bits per heavy atom. The Hall–Kier alpha value is -1.64. The first-order valence-electron chi connectivity index (χ1n) is 5.08. The third kappa shape index (κ3) is 1.98. The van der Waals surface area contributed by atoms with E-state index in [0.29, 0.717) is 11.3 Å². The summed E-state index contributed by atoms with van der Waals surface area (Å²) in [4.78, 5) is 23.4. The number of carbonyl (C=O) groups excluding carboxylic acids is 1. The largest absolute Gasteiger partial charge is 0.468 e. The zero-order chi connectivity index (χ0) is 12.5. The van der Waals surface area contributed by atoms with Crippen molar-refractivity contribution >= 4 is 5.78 Å². The van der Waals surface area contributed by atoms with Crippen LogP contribution in [-0.4, -0.2) is 5.78 Å². The lowest BCUT2D eigenvalue weighted by atomic mass is 9.83. The summed E-state index contributed by atoms with van der Waals surface area (Å²) in [5.41, 5.74) is -0.178. The molecule has 0 aliphatic rings. The minimum Gasteiger partial charge on any atom is -0.468 e. The Morgan fingerprint density at radius 3 is 2.50 bits per heavy atom. The van der Waals surface area contributed by atoms with Crippen LogP contribution in [0, 0.1) is 6.92 Å². The summed E-state index contributed by atoms with van der Waals surface area (Å²) in [5.74, 6) is 0.245. The molecule has 0 unspecified atom stereocenters. The molecular weight excluding hydrogens is 204 g/mol. The van der Waals surface area contributed by atoms with Crippen molar-refractivity contribution in [3.63, 3.8) is 0 Å². The Balaban J connectivity index is 3.63. The number of Topliss-reactive ketones (excluding diaryl/α,β-unsaturated/α-hetero) is 1. The highest BCUT2D eigenvalue weighted by molar-refractivity contribution is 5.93. The molecule has 0 saturated carbocycles. The summed E-state index contributed by atoms with van der Waals surface area (Å²) in [6.45, 7) is 10.5. The highest BCUT2D eigenvalue weighted by Crippen LogP contribution is 2.24. The second-order valence-electron chi connectivity index (χ2n) is 4.39. The average Bonchev–Trinajstić information content (AvgIpc) is 2.16. The molecule has 1 aromatic heterocycles. The molecule has 0 fully saturated rings. The summed E-state index contributed by atoms with van der Waals surface area (Å²) < 4.78 is 5.25. The number of carbonyl (C=O) groups is 1. The van der Waals surface area contributed by atoms with Gasteiger partial charge in [0.15, 0.2) is 11.2 Å². The Morgan fingerprint density at radius 1 is 1.50 bits per heavy atom. The quantitative estimate of drug-likeness (QED) is 0.581. The van der Waals surface area contributed by atoms with Gasteiger partial charge in [-0.1, -0.05) is 19.9 Å². The topological polar surface area (TPSA) is 47.3 Å². The van der Waals surface area contributed by atoms with Crippen LogP contribution in [0.5, 0.6) is 0 Å². The van der Waals surface area contributed by atoms with Crippen LogP contribution in [0.2, 0.25) is 0 Å². The van der Waals surface area contributed by atoms with E-state index in [-0.39, 0.29) is 16.8 Å². The molecule has 1 aromatic rings. The molecule has 0 bridgehead atoms. The average molecular weight is 220 g/mol. The fraction of sp³-hybridized carbons (Fsp3) is 0.385. The van der Waals surface area contributed by atoms with E-state index in [1.807, 2.05) is 13.8 Å². The zero-order valence-electron chi connectivity index (χ0n) is 10.1. The monoisotopic (exact) mass is 220 g/mol. The van der Waals surface area contributed by atoms with Crippen molar-refractivity contribution in [1.29, 1.82) is 0 Å². The third-order valence-electron chi connectivity index (χ3n) is 2.71. The number of hydrogen-bond donors (Lipinski definition) is 0. The van der Waals surface area contributed by atoms with Crippen molar-refractivity contribution in [1.82, 2.24) is 0 Å². The van der Waals surface area contributed by atoms with E-state index in [1.54, 1.807) is 13.0 Å². The van der Waals surface area contributed by atoms with E-state index in [2.05, 4.69) is 6.58 Å². The van der Waals surface area contributed by atoms with Gasteiger partial charge < -0.3 is 4.42 Å². The van der Waals surface area contributed by atoms with Gasteiger partial charge in [0, 0.05) is 11.0 Å². The molecule has 0 spiro atoms. The zero-order valence-corrected chi connectivity index (χ0v) is 10.1. The van der Waals surface area contributed by atoms with Gasteiger partial charge in [0.1, 0.15) is 17.6 Å². The van der Waals surface area contributed by atoms with Crippen LogP contribution in [0.15, 0.2) is 28.1 Å². The van der Waals surface area contributed by atoms with E-state index < -0.39 is 5.41 Å². The normalized spacial score (nSPS) is 11.2. The highest BCUT2D eigenvalue weighted by atomic mass is 16.3. The lowest BCUT2D eigenvalue weighted by Gasteiger charge is -2.21. The van der Waals surface area contributed by atoms with Gasteiger partial charge in [-0.25, -0.2) is 0 Å². The molecule has 0 amide bonds. The predicted molar refractivity (Wildman–Crippen MR) is 62.9 cm³/mol. The molecule has 0 N–H and O–H groups in total. The summed E-state index contributed by atoms with van der Waals surface area (Å²) in [5, 5.41) is 0. The molecule has 16 heavy (non-hydrogen) atoms. The molecule has 0 aliphatic carbocycles. The van der Waals surface area contributed by atoms with Gasteiger partial charge in [0.2, 0.25) is 0 Å². The fourth-order valence-electron chi connectivity index (χ4n) is 1.65. The Labute approximate surface area is 94.8 Å². The van der Waals surface area contributed by atoms with Gasteiger partial charge in [-0.3, -0.25) is 9.59 Å². The molecule has 0 radical (unpaired) electrons. The van der Waals surface area contributed by atoms with Crippen molar-refractivity contribution < 1.29 is 9.21 Å². The molecule has 1 heterocycles. The van der Waals surface area contributed by atoms with Gasteiger partial charge >= 0.3 is 0 Å². The van der Waals surface area contributed by atoms with Gasteiger partial charge in [0.05, 0.1) is 0 Å². The molecule has 0 atom stereocenters. The fourth-order valence-corrected chi connectivity index (χ4v) is 1.65. The van der Waals surface area contributed by atoms with Crippen molar-refractivity contribution in [2.45, 2.75) is 33.1 Å². The van der Waals surface area contributed by atoms with Crippen molar-refractivity contribution in [2.24, 2.45) is 0 Å². The van der Waals surface area contributed by atoms with Crippen LogP contribution in [0.1, 0.15) is 42.5 Å². The molecule has 0 saturated heterocycles. The van der Waals surface area contributed by atoms with Crippen LogP contribution < -0.4 is 5.43 Å². The molecule has 3 nitrogen and oxygen atoms in total. The van der Waals surface area contributed by atoms with E-state index in [4.69, 9.17) is 4.42 Å². The molecular formula is C13H16O3. The molecule has 0 aliphatic heterocycles. The van der Waals surface area contributed by atoms with Gasteiger partial charge in [-0.2, -0.15) is 0 Å². The summed E-state index contributed by atoms with van der Waals surface area (Å²) >= 11 is 0. The molecule has 0 aromatic carbocycles. The Kier molecular flexibility index (Phi) is 3.17. The maximum Gasteiger partial charge on any atom is 0.199 e. The summed E-state index contributed by atoms with van der Waals surface area (Å²) in [7, 11) is 0. The lowest BCUT2D eigenvalue weighted by molar-refractivity contribution is 0.101. The SMILES string of the molecule is C=CC(C)(C)c1c(C)occ(C(C)=O)c1=O. The van der Waals surface area contributed by atoms with Crippen LogP contribution in [0.25, 0.3) is 0 Å². The summed E-state index contributed by atoms with van der Waals surface area (Å²) in [6, 6.07) is 0. The number of hydrogen-bond acceptors (Lipinski definition) is 3. The first kappa shape index (κ1) is 12.4. The number of ketones is 1. The lowest BCUT2D eigenvalue weighted by Crippen LogP contribution is -2.28. The highest BCUT2D eigenvalue weighted by Gasteiger charge is 2.25. The maximum absolute atomic E-state index is 12.1. The van der Waals surface area contributed by atoms with Gasteiger partial charge in [0.25, 0.3) is 0 Å². The maximum atomic E-state index is 12.1. The first-order chi connectivity index (χ1) is 7.31. The smallest absolute Gasteiger partial charge is 0.199 e. The molecule has 86 valence electrons. The third-order valence-corrected chi connectivity index (χ3v) is 2.71. The minimum absolute atomic E-state index is 0.0931. The Bertz CT molecular complexity index is 492. The van der Waals surface area contributed by atoms with Crippen molar-refractivity contribution in [2.75, 3.05) is 0 Å². The van der Waals surface area contributed by atoms with Crippen LogP contribution in [-0.2, 0) is 5.41 Å². The van der Waals surface area contributed by atoms with Gasteiger partial charge in [-0.15, -0.1) is 6.58 Å². The predicted octanol–water partition coefficient (Wildman–Crippen LogP) is 2.61. The minimum atomic E-state index is -0.504. The van der Waals surface area contributed by atoms with Crippen LogP contribution in [0.3, 0.4) is 0 Å². The van der Waals surface area contributed by atoms with E-state index >= 15 is 0 Å². The van der Waals surface area contributed by atoms with E-state index in [1.165, 1.54) is 13.2 Å². The van der Waals surface area contributed by atoms with E-state index in [0.717, 1.165) is 0 Å². The van der Waals surface area contributed by atoms with E-state index in [9.17, 15) is 9.59 Å². The van der Waals surface area contributed by atoms with Crippen LogP contribution in [0.4, 0.5) is 0 Å². The molecule has 1 rings (SSSR count). The summed E-state index contributed by atoms with van der Waals surface area (Å²) in [6.07, 6.45) is 2.90. The first-order valence-corrected chi connectivity index (χ1v) is 5.08. The second-order valence-corrected chi connectivity index (χ2v) is 4.39. The second kappa shape index (κ2) is 4.08. The number of rotatable bonds is 3. The van der Waals surface area contributed by atoms with Crippen molar-refractivity contribution in [3.8, 4) is 0 Å². The van der Waals surface area contributed by atoms with Crippen LogP contribution >= 0.6 is 0 Å². The standard InChI is InChI=1S/C13H16O3/c1-6-13(4,5)11-9(3)16-7-10(8(2)14)12(11)15/h6-7H,1H2,2-5H3. The number of allylic oxidation sites excluding steroid dienone is 1. The van der Waals surface area contributed by atoms with Crippen molar-refractivity contribution in [3.05, 3.63) is 46.0 Å². The van der Waals surface area contributed by atoms with Gasteiger partial charge in [-0.05, 0) is 13.8 Å².